The van der Waals surface area contributed by atoms with E-state index in [1.165, 1.54) is 64.2 Å². The SMILES string of the molecule is CC1(C)CCC(OC2CCCCCCC2Br)CC1. The van der Waals surface area contributed by atoms with E-state index in [1.54, 1.807) is 0 Å². The van der Waals surface area contributed by atoms with E-state index < -0.39 is 0 Å². The summed E-state index contributed by atoms with van der Waals surface area (Å²) in [6.45, 7) is 4.79. The third-order valence-corrected chi connectivity index (χ3v) is 5.82. The molecule has 0 aromatic carbocycles. The van der Waals surface area contributed by atoms with Crippen LogP contribution in [0.2, 0.25) is 0 Å². The van der Waals surface area contributed by atoms with Crippen molar-refractivity contribution in [3.05, 3.63) is 0 Å². The molecule has 18 heavy (non-hydrogen) atoms. The lowest BCUT2D eigenvalue weighted by Gasteiger charge is -2.37. The lowest BCUT2D eigenvalue weighted by molar-refractivity contribution is -0.0507. The molecule has 0 aromatic rings. The van der Waals surface area contributed by atoms with Crippen LogP contribution in [0.5, 0.6) is 0 Å². The van der Waals surface area contributed by atoms with E-state index in [1.807, 2.05) is 0 Å². The van der Waals surface area contributed by atoms with E-state index >= 15 is 0 Å². The monoisotopic (exact) mass is 316 g/mol. The van der Waals surface area contributed by atoms with Gasteiger partial charge in [-0.1, -0.05) is 55.5 Å². The summed E-state index contributed by atoms with van der Waals surface area (Å²) >= 11 is 3.86. The van der Waals surface area contributed by atoms with Gasteiger partial charge in [0.05, 0.1) is 12.2 Å². The van der Waals surface area contributed by atoms with E-state index in [-0.39, 0.29) is 0 Å². The number of rotatable bonds is 2. The number of ether oxygens (including phenoxy) is 1. The van der Waals surface area contributed by atoms with Gasteiger partial charge in [-0.25, -0.2) is 0 Å². The molecule has 2 fully saturated rings. The van der Waals surface area contributed by atoms with E-state index in [2.05, 4.69) is 29.8 Å². The molecule has 0 radical (unpaired) electrons. The maximum atomic E-state index is 6.43. The van der Waals surface area contributed by atoms with Crippen molar-refractivity contribution in [2.45, 2.75) is 95.1 Å². The van der Waals surface area contributed by atoms with E-state index in [0.29, 0.717) is 22.5 Å². The summed E-state index contributed by atoms with van der Waals surface area (Å²) in [5.74, 6) is 0. The van der Waals surface area contributed by atoms with Gasteiger partial charge in [-0.2, -0.15) is 0 Å². The summed E-state index contributed by atoms with van der Waals surface area (Å²) in [7, 11) is 0. The molecule has 2 heteroatoms. The molecule has 0 bridgehead atoms. The maximum absolute atomic E-state index is 6.43. The minimum atomic E-state index is 0.469. The molecule has 2 rings (SSSR count). The first-order chi connectivity index (χ1) is 8.57. The Morgan fingerprint density at radius 3 is 2.17 bits per heavy atom. The lowest BCUT2D eigenvalue weighted by atomic mass is 9.76. The molecule has 0 aromatic heterocycles. The van der Waals surface area contributed by atoms with Crippen LogP contribution in [0.4, 0.5) is 0 Å². The van der Waals surface area contributed by atoms with E-state index in [9.17, 15) is 0 Å². The zero-order valence-corrected chi connectivity index (χ0v) is 13.7. The molecular weight excluding hydrogens is 288 g/mol. The molecule has 0 amide bonds. The fourth-order valence-electron chi connectivity index (χ4n) is 3.31. The first-order valence-electron chi connectivity index (χ1n) is 7.86. The summed E-state index contributed by atoms with van der Waals surface area (Å²) in [5.41, 5.74) is 0.550. The van der Waals surface area contributed by atoms with E-state index in [4.69, 9.17) is 4.74 Å². The van der Waals surface area contributed by atoms with Crippen LogP contribution in [0.3, 0.4) is 0 Å². The molecule has 2 saturated carbocycles. The van der Waals surface area contributed by atoms with E-state index in [0.717, 1.165) is 0 Å². The summed E-state index contributed by atoms with van der Waals surface area (Å²) in [4.78, 5) is 0.590. The second-order valence-electron chi connectivity index (χ2n) is 7.05. The predicted octanol–water partition coefficient (Wildman–Crippen LogP) is 5.46. The van der Waals surface area contributed by atoms with Gasteiger partial charge in [0.1, 0.15) is 0 Å². The second kappa shape index (κ2) is 6.74. The van der Waals surface area contributed by atoms with Crippen molar-refractivity contribution in [1.29, 1.82) is 0 Å². The van der Waals surface area contributed by atoms with Crippen molar-refractivity contribution in [3.63, 3.8) is 0 Å². The quantitative estimate of drug-likeness (QED) is 0.615. The Balaban J connectivity index is 1.80. The van der Waals surface area contributed by atoms with Crippen LogP contribution in [0.15, 0.2) is 0 Å². The van der Waals surface area contributed by atoms with Crippen LogP contribution in [0, 0.1) is 5.41 Å². The highest BCUT2D eigenvalue weighted by Crippen LogP contribution is 2.37. The fourth-order valence-corrected chi connectivity index (χ4v) is 4.03. The first kappa shape index (κ1) is 14.8. The molecule has 0 heterocycles. The topological polar surface area (TPSA) is 9.23 Å². The zero-order valence-electron chi connectivity index (χ0n) is 12.1. The largest absolute Gasteiger partial charge is 0.374 e. The smallest absolute Gasteiger partial charge is 0.0703 e. The van der Waals surface area contributed by atoms with Crippen molar-refractivity contribution in [3.8, 4) is 0 Å². The molecule has 106 valence electrons. The maximum Gasteiger partial charge on any atom is 0.0703 e. The number of halogens is 1. The van der Waals surface area contributed by atoms with Crippen molar-refractivity contribution in [2.24, 2.45) is 5.41 Å². The van der Waals surface area contributed by atoms with Crippen LogP contribution in [-0.4, -0.2) is 17.0 Å². The van der Waals surface area contributed by atoms with Crippen LogP contribution in [-0.2, 0) is 4.74 Å². The average molecular weight is 317 g/mol. The van der Waals surface area contributed by atoms with Crippen LogP contribution in [0.1, 0.15) is 78.1 Å². The molecule has 2 aliphatic carbocycles. The van der Waals surface area contributed by atoms with Gasteiger partial charge in [-0.3, -0.25) is 0 Å². The van der Waals surface area contributed by atoms with Crippen LogP contribution in [0.25, 0.3) is 0 Å². The normalized spacial score (nSPS) is 34.8. The van der Waals surface area contributed by atoms with Gasteiger partial charge in [0.2, 0.25) is 0 Å². The fraction of sp³-hybridized carbons (Fsp3) is 1.00. The van der Waals surface area contributed by atoms with Crippen LogP contribution < -0.4 is 0 Å². The molecular formula is C16H29BrO. The van der Waals surface area contributed by atoms with Gasteiger partial charge in [-0.15, -0.1) is 0 Å². The number of alkyl halides is 1. The molecule has 2 atom stereocenters. The molecule has 2 unspecified atom stereocenters. The Kier molecular flexibility index (Phi) is 5.56. The number of hydrogen-bond acceptors (Lipinski definition) is 1. The summed E-state index contributed by atoms with van der Waals surface area (Å²) < 4.78 is 6.43. The summed E-state index contributed by atoms with van der Waals surface area (Å²) in [6.07, 6.45) is 14.3. The van der Waals surface area contributed by atoms with Crippen molar-refractivity contribution in [2.75, 3.05) is 0 Å². The van der Waals surface area contributed by atoms with Gasteiger partial charge in [0, 0.05) is 4.83 Å². The van der Waals surface area contributed by atoms with Gasteiger partial charge in [0.25, 0.3) is 0 Å². The number of hydrogen-bond donors (Lipinski definition) is 0. The molecule has 0 spiro atoms. The highest BCUT2D eigenvalue weighted by atomic mass is 79.9. The standard InChI is InChI=1S/C16H29BrO/c1-16(2)11-9-13(10-12-16)18-15-8-6-4-3-5-7-14(15)17/h13-15H,3-12H2,1-2H3. The van der Waals surface area contributed by atoms with Gasteiger partial charge >= 0.3 is 0 Å². The Bertz CT molecular complexity index is 241. The van der Waals surface area contributed by atoms with Crippen molar-refractivity contribution >= 4 is 15.9 Å². The molecule has 0 N–H and O–H groups in total. The van der Waals surface area contributed by atoms with Crippen molar-refractivity contribution in [1.82, 2.24) is 0 Å². The molecule has 0 saturated heterocycles. The minimum absolute atomic E-state index is 0.469. The summed E-state index contributed by atoms with van der Waals surface area (Å²) in [6, 6.07) is 0. The Hall–Kier alpha value is 0.440. The highest BCUT2D eigenvalue weighted by molar-refractivity contribution is 9.09. The minimum Gasteiger partial charge on any atom is -0.374 e. The van der Waals surface area contributed by atoms with Gasteiger partial charge < -0.3 is 4.74 Å². The zero-order chi connectivity index (χ0) is 13.0. The lowest BCUT2D eigenvalue weighted by Crippen LogP contribution is -2.34. The summed E-state index contributed by atoms with van der Waals surface area (Å²) in [5, 5.41) is 0. The highest BCUT2D eigenvalue weighted by Gasteiger charge is 2.30. The first-order valence-corrected chi connectivity index (χ1v) is 8.78. The Labute approximate surface area is 121 Å². The van der Waals surface area contributed by atoms with Crippen LogP contribution >= 0.6 is 15.9 Å². The second-order valence-corrected chi connectivity index (χ2v) is 8.22. The molecule has 2 aliphatic rings. The average Bonchev–Trinajstić information content (AvgIpc) is 2.31. The Morgan fingerprint density at radius 2 is 1.50 bits per heavy atom. The molecule has 0 aliphatic heterocycles. The molecule has 1 nitrogen and oxygen atoms in total. The van der Waals surface area contributed by atoms with Crippen molar-refractivity contribution < 1.29 is 4.74 Å². The van der Waals surface area contributed by atoms with Gasteiger partial charge in [-0.05, 0) is 43.9 Å². The third-order valence-electron chi connectivity index (χ3n) is 4.78. The third kappa shape index (κ3) is 4.52. The predicted molar refractivity (Wildman–Crippen MR) is 81.3 cm³/mol. The van der Waals surface area contributed by atoms with Gasteiger partial charge in [0.15, 0.2) is 0 Å². The Morgan fingerprint density at radius 1 is 0.889 bits per heavy atom.